The quantitative estimate of drug-likeness (QED) is 0.522. The Hall–Kier alpha value is -0.260. The molecule has 0 aromatic heterocycles. The number of unbranched alkanes of at least 4 members (excludes halogenated alkanes) is 1. The van der Waals surface area contributed by atoms with Crippen LogP contribution in [-0.4, -0.2) is 0 Å². The highest BCUT2D eigenvalue weighted by atomic mass is 14.3. The number of hydrogen-bond acceptors (Lipinski definition) is 0. The van der Waals surface area contributed by atoms with Crippen LogP contribution in [0, 0.1) is 11.8 Å². The SMILES string of the molecule is CCCCC1C=CC1CC. The highest BCUT2D eigenvalue weighted by Gasteiger charge is 2.20. The average molecular weight is 138 g/mol. The molecule has 2 atom stereocenters. The molecule has 0 heterocycles. The smallest absolute Gasteiger partial charge is 0.0171 e. The second-order valence-corrected chi connectivity index (χ2v) is 3.26. The Kier molecular flexibility index (Phi) is 2.98. The van der Waals surface area contributed by atoms with E-state index in [2.05, 4.69) is 26.0 Å². The van der Waals surface area contributed by atoms with Gasteiger partial charge in [0, 0.05) is 0 Å². The van der Waals surface area contributed by atoms with E-state index in [1.54, 1.807) is 0 Å². The molecule has 10 heavy (non-hydrogen) atoms. The minimum absolute atomic E-state index is 0.923. The van der Waals surface area contributed by atoms with Crippen LogP contribution >= 0.6 is 0 Å². The first-order valence-electron chi connectivity index (χ1n) is 4.56. The first-order chi connectivity index (χ1) is 4.88. The van der Waals surface area contributed by atoms with E-state index in [1.807, 2.05) is 0 Å². The summed E-state index contributed by atoms with van der Waals surface area (Å²) in [4.78, 5) is 0. The molecule has 1 rings (SSSR count). The summed E-state index contributed by atoms with van der Waals surface area (Å²) in [7, 11) is 0. The summed E-state index contributed by atoms with van der Waals surface area (Å²) in [6.45, 7) is 4.55. The first kappa shape index (κ1) is 7.84. The van der Waals surface area contributed by atoms with Gasteiger partial charge in [0.25, 0.3) is 0 Å². The van der Waals surface area contributed by atoms with Gasteiger partial charge >= 0.3 is 0 Å². The zero-order valence-electron chi connectivity index (χ0n) is 7.14. The lowest BCUT2D eigenvalue weighted by atomic mass is 9.77. The summed E-state index contributed by atoms with van der Waals surface area (Å²) >= 11 is 0. The Morgan fingerprint density at radius 3 is 2.20 bits per heavy atom. The molecule has 0 nitrogen and oxygen atoms in total. The largest absolute Gasteiger partial charge is 0.0845 e. The van der Waals surface area contributed by atoms with E-state index in [0.29, 0.717) is 0 Å². The van der Waals surface area contributed by atoms with Gasteiger partial charge in [-0.2, -0.15) is 0 Å². The summed E-state index contributed by atoms with van der Waals surface area (Å²) in [6.07, 6.45) is 10.3. The molecule has 1 aliphatic carbocycles. The normalized spacial score (nSPS) is 30.2. The predicted octanol–water partition coefficient (Wildman–Crippen LogP) is 3.39. The van der Waals surface area contributed by atoms with Gasteiger partial charge in [0.05, 0.1) is 0 Å². The molecule has 0 aromatic rings. The van der Waals surface area contributed by atoms with Crippen molar-refractivity contribution in [2.75, 3.05) is 0 Å². The van der Waals surface area contributed by atoms with Crippen LogP contribution in [0.25, 0.3) is 0 Å². The molecule has 0 fully saturated rings. The van der Waals surface area contributed by atoms with Gasteiger partial charge in [-0.15, -0.1) is 0 Å². The van der Waals surface area contributed by atoms with Crippen molar-refractivity contribution in [1.82, 2.24) is 0 Å². The second kappa shape index (κ2) is 3.80. The number of hydrogen-bond donors (Lipinski definition) is 0. The molecule has 0 bridgehead atoms. The molecule has 0 saturated carbocycles. The molecule has 1 aliphatic rings. The van der Waals surface area contributed by atoms with Gasteiger partial charge < -0.3 is 0 Å². The maximum Gasteiger partial charge on any atom is -0.0171 e. The Balaban J connectivity index is 2.13. The monoisotopic (exact) mass is 138 g/mol. The lowest BCUT2D eigenvalue weighted by Crippen LogP contribution is -2.17. The average Bonchev–Trinajstić information content (AvgIpc) is 1.88. The number of allylic oxidation sites excluding steroid dienone is 2. The van der Waals surface area contributed by atoms with Crippen LogP contribution in [0.5, 0.6) is 0 Å². The van der Waals surface area contributed by atoms with E-state index in [-0.39, 0.29) is 0 Å². The summed E-state index contributed by atoms with van der Waals surface area (Å²) in [5.41, 5.74) is 0. The topological polar surface area (TPSA) is 0 Å². The van der Waals surface area contributed by atoms with Gasteiger partial charge in [-0.05, 0) is 24.7 Å². The summed E-state index contributed by atoms with van der Waals surface area (Å²) in [5, 5.41) is 0. The first-order valence-corrected chi connectivity index (χ1v) is 4.56. The molecule has 0 N–H and O–H groups in total. The van der Waals surface area contributed by atoms with Gasteiger partial charge in [0.2, 0.25) is 0 Å². The van der Waals surface area contributed by atoms with E-state index >= 15 is 0 Å². The van der Waals surface area contributed by atoms with Crippen LogP contribution in [0.15, 0.2) is 12.2 Å². The third-order valence-electron chi connectivity index (χ3n) is 2.52. The van der Waals surface area contributed by atoms with Crippen LogP contribution in [0.4, 0.5) is 0 Å². The van der Waals surface area contributed by atoms with E-state index in [0.717, 1.165) is 11.8 Å². The fourth-order valence-corrected chi connectivity index (χ4v) is 1.61. The molecule has 0 radical (unpaired) electrons. The lowest BCUT2D eigenvalue weighted by molar-refractivity contribution is 0.379. The summed E-state index contributed by atoms with van der Waals surface area (Å²) in [5.74, 6) is 1.86. The van der Waals surface area contributed by atoms with Gasteiger partial charge in [0.1, 0.15) is 0 Å². The molecule has 0 spiro atoms. The van der Waals surface area contributed by atoms with E-state index in [1.165, 1.54) is 25.7 Å². The molecular weight excluding hydrogens is 120 g/mol. The Labute approximate surface area is 64.3 Å². The van der Waals surface area contributed by atoms with Gasteiger partial charge in [-0.25, -0.2) is 0 Å². The third kappa shape index (κ3) is 1.62. The van der Waals surface area contributed by atoms with Crippen molar-refractivity contribution in [3.05, 3.63) is 12.2 Å². The zero-order valence-corrected chi connectivity index (χ0v) is 7.14. The van der Waals surface area contributed by atoms with Crippen molar-refractivity contribution in [3.8, 4) is 0 Å². The molecule has 0 saturated heterocycles. The third-order valence-corrected chi connectivity index (χ3v) is 2.52. The van der Waals surface area contributed by atoms with Crippen LogP contribution in [0.3, 0.4) is 0 Å². The molecule has 0 amide bonds. The molecule has 58 valence electrons. The van der Waals surface area contributed by atoms with E-state index < -0.39 is 0 Å². The lowest BCUT2D eigenvalue weighted by Gasteiger charge is -2.28. The standard InChI is InChI=1S/C10H18/c1-3-5-6-10-8-7-9(10)4-2/h7-10H,3-6H2,1-2H3. The minimum Gasteiger partial charge on any atom is -0.0845 e. The van der Waals surface area contributed by atoms with Crippen LogP contribution in [0.2, 0.25) is 0 Å². The fourth-order valence-electron chi connectivity index (χ4n) is 1.61. The molecule has 2 unspecified atom stereocenters. The Bertz CT molecular complexity index is 113. The molecular formula is C10H18. The number of rotatable bonds is 4. The van der Waals surface area contributed by atoms with Crippen molar-refractivity contribution in [2.45, 2.75) is 39.5 Å². The van der Waals surface area contributed by atoms with Crippen molar-refractivity contribution in [3.63, 3.8) is 0 Å². The van der Waals surface area contributed by atoms with Crippen molar-refractivity contribution in [2.24, 2.45) is 11.8 Å². The summed E-state index contributed by atoms with van der Waals surface area (Å²) < 4.78 is 0. The van der Waals surface area contributed by atoms with Crippen LogP contribution in [0.1, 0.15) is 39.5 Å². The molecule has 0 aromatic carbocycles. The van der Waals surface area contributed by atoms with Crippen LogP contribution in [-0.2, 0) is 0 Å². The highest BCUT2D eigenvalue weighted by Crippen LogP contribution is 2.32. The van der Waals surface area contributed by atoms with E-state index in [9.17, 15) is 0 Å². The van der Waals surface area contributed by atoms with E-state index in [4.69, 9.17) is 0 Å². The molecule has 0 aliphatic heterocycles. The fraction of sp³-hybridized carbons (Fsp3) is 0.800. The van der Waals surface area contributed by atoms with Crippen molar-refractivity contribution >= 4 is 0 Å². The second-order valence-electron chi connectivity index (χ2n) is 3.26. The van der Waals surface area contributed by atoms with Gasteiger partial charge in [0.15, 0.2) is 0 Å². The van der Waals surface area contributed by atoms with Crippen molar-refractivity contribution < 1.29 is 0 Å². The minimum atomic E-state index is 0.923. The highest BCUT2D eigenvalue weighted by molar-refractivity contribution is 5.08. The molecule has 0 heteroatoms. The summed E-state index contributed by atoms with van der Waals surface area (Å²) in [6, 6.07) is 0. The maximum atomic E-state index is 2.38. The zero-order chi connectivity index (χ0) is 7.40. The van der Waals surface area contributed by atoms with Crippen molar-refractivity contribution in [1.29, 1.82) is 0 Å². The maximum absolute atomic E-state index is 2.38. The Morgan fingerprint density at radius 2 is 1.80 bits per heavy atom. The van der Waals surface area contributed by atoms with Crippen LogP contribution < -0.4 is 0 Å². The predicted molar refractivity (Wildman–Crippen MR) is 45.9 cm³/mol. The van der Waals surface area contributed by atoms with Gasteiger partial charge in [-0.1, -0.05) is 38.8 Å². The van der Waals surface area contributed by atoms with Gasteiger partial charge in [-0.3, -0.25) is 0 Å². The Morgan fingerprint density at radius 1 is 1.10 bits per heavy atom.